The number of rotatable bonds is 8. The van der Waals surface area contributed by atoms with Gasteiger partial charge in [0.05, 0.1) is 11.5 Å². The van der Waals surface area contributed by atoms with Crippen molar-refractivity contribution < 1.29 is 14.5 Å². The van der Waals surface area contributed by atoms with Gasteiger partial charge in [-0.3, -0.25) is 14.9 Å². The third kappa shape index (κ3) is 4.42. The number of likely N-dealkylation sites (N-methyl/N-ethyl adjacent to an activating group) is 1. The summed E-state index contributed by atoms with van der Waals surface area (Å²) in [6.45, 7) is 5.40. The van der Waals surface area contributed by atoms with E-state index >= 15 is 0 Å². The van der Waals surface area contributed by atoms with Crippen molar-refractivity contribution in [2.24, 2.45) is 5.73 Å². The lowest BCUT2D eigenvalue weighted by atomic mass is 10.1. The van der Waals surface area contributed by atoms with E-state index in [9.17, 15) is 14.9 Å². The fourth-order valence-corrected chi connectivity index (χ4v) is 1.87. The van der Waals surface area contributed by atoms with Crippen molar-refractivity contribution in [3.8, 4) is 5.75 Å². The first kappa shape index (κ1) is 16.9. The summed E-state index contributed by atoms with van der Waals surface area (Å²) in [4.78, 5) is 24.4. The molecule has 0 fully saturated rings. The van der Waals surface area contributed by atoms with E-state index in [-0.39, 0.29) is 22.9 Å². The van der Waals surface area contributed by atoms with Gasteiger partial charge in [-0.1, -0.05) is 6.92 Å². The molecule has 0 saturated heterocycles. The van der Waals surface area contributed by atoms with Gasteiger partial charge in [0, 0.05) is 31.3 Å². The maximum atomic E-state index is 12.3. The summed E-state index contributed by atoms with van der Waals surface area (Å²) in [6, 6.07) is 4.27. The summed E-state index contributed by atoms with van der Waals surface area (Å²) >= 11 is 0. The largest absolute Gasteiger partial charge is 0.487 e. The van der Waals surface area contributed by atoms with Crippen LogP contribution >= 0.6 is 0 Å². The molecule has 0 aliphatic heterocycles. The average molecular weight is 295 g/mol. The van der Waals surface area contributed by atoms with Gasteiger partial charge in [-0.25, -0.2) is 0 Å². The molecule has 7 nitrogen and oxygen atoms in total. The van der Waals surface area contributed by atoms with Crippen LogP contribution in [0.25, 0.3) is 0 Å². The average Bonchev–Trinajstić information content (AvgIpc) is 2.49. The highest BCUT2D eigenvalue weighted by atomic mass is 16.6. The molecule has 0 aliphatic carbocycles. The van der Waals surface area contributed by atoms with E-state index < -0.39 is 4.92 Å². The van der Waals surface area contributed by atoms with E-state index in [1.807, 2.05) is 13.8 Å². The minimum atomic E-state index is -0.541. The molecule has 1 aromatic rings. The second kappa shape index (κ2) is 8.21. The highest BCUT2D eigenvalue weighted by molar-refractivity contribution is 5.95. The molecule has 21 heavy (non-hydrogen) atoms. The summed E-state index contributed by atoms with van der Waals surface area (Å²) < 4.78 is 5.33. The molecule has 0 spiro atoms. The summed E-state index contributed by atoms with van der Waals surface area (Å²) in [5, 5.41) is 11.1. The predicted molar refractivity (Wildman–Crippen MR) is 79.5 cm³/mol. The topological polar surface area (TPSA) is 98.7 Å². The number of amides is 1. The van der Waals surface area contributed by atoms with Crippen LogP contribution in [0.3, 0.4) is 0 Å². The van der Waals surface area contributed by atoms with Crippen LogP contribution in [0.5, 0.6) is 5.75 Å². The number of carbonyl (C=O) groups is 1. The molecule has 2 N–H and O–H groups in total. The van der Waals surface area contributed by atoms with Crippen LogP contribution in [0.4, 0.5) is 5.69 Å². The second-order valence-electron chi connectivity index (χ2n) is 4.46. The van der Waals surface area contributed by atoms with Crippen LogP contribution in [0.15, 0.2) is 18.2 Å². The van der Waals surface area contributed by atoms with Gasteiger partial charge in [-0.2, -0.15) is 0 Å². The van der Waals surface area contributed by atoms with E-state index in [4.69, 9.17) is 10.5 Å². The molecule has 0 aliphatic rings. The highest BCUT2D eigenvalue weighted by Crippen LogP contribution is 2.28. The molecule has 1 amide bonds. The number of nitro groups is 1. The molecular formula is C14H21N3O4. The summed E-state index contributed by atoms with van der Waals surface area (Å²) in [7, 11) is 0. The number of nitrogens with two attached hydrogens (primary N) is 1. The van der Waals surface area contributed by atoms with Gasteiger partial charge in [-0.15, -0.1) is 0 Å². The number of nitrogens with zero attached hydrogens (tertiary/aromatic N) is 2. The number of benzene rings is 1. The first-order valence-corrected chi connectivity index (χ1v) is 6.95. The normalized spacial score (nSPS) is 10.2. The standard InChI is InChI=1S/C14H21N3O4/c1-3-9-21-13-6-5-11(10-12(13)17(19)20)14(18)16(4-2)8-7-15/h5-6,10H,3-4,7-9,15H2,1-2H3. The first-order valence-electron chi connectivity index (χ1n) is 6.95. The molecule has 0 atom stereocenters. The van der Waals surface area contributed by atoms with Crippen LogP contribution in [0, 0.1) is 10.1 Å². The Kier molecular flexibility index (Phi) is 6.61. The monoisotopic (exact) mass is 295 g/mol. The molecule has 116 valence electrons. The summed E-state index contributed by atoms with van der Waals surface area (Å²) in [5.41, 5.74) is 5.52. The van der Waals surface area contributed by atoms with E-state index in [0.717, 1.165) is 6.42 Å². The van der Waals surface area contributed by atoms with Crippen LogP contribution in [0.2, 0.25) is 0 Å². The van der Waals surface area contributed by atoms with Crippen molar-refractivity contribution in [3.05, 3.63) is 33.9 Å². The Morgan fingerprint density at radius 2 is 2.14 bits per heavy atom. The highest BCUT2D eigenvalue weighted by Gasteiger charge is 2.21. The van der Waals surface area contributed by atoms with Gasteiger partial charge in [0.2, 0.25) is 0 Å². The number of carbonyl (C=O) groups excluding carboxylic acids is 1. The lowest BCUT2D eigenvalue weighted by molar-refractivity contribution is -0.385. The maximum absolute atomic E-state index is 12.3. The molecule has 0 saturated carbocycles. The zero-order chi connectivity index (χ0) is 15.8. The molecule has 0 bridgehead atoms. The SMILES string of the molecule is CCCOc1ccc(C(=O)N(CC)CCN)cc1[N+](=O)[O-]. The third-order valence-electron chi connectivity index (χ3n) is 2.93. The molecule has 0 heterocycles. The summed E-state index contributed by atoms with van der Waals surface area (Å²) in [5.74, 6) is -0.0895. The maximum Gasteiger partial charge on any atom is 0.311 e. The molecule has 0 aromatic heterocycles. The Morgan fingerprint density at radius 1 is 1.43 bits per heavy atom. The van der Waals surface area contributed by atoms with E-state index in [1.54, 1.807) is 11.0 Å². The number of ether oxygens (including phenoxy) is 1. The van der Waals surface area contributed by atoms with Crippen LogP contribution in [-0.2, 0) is 0 Å². The molecular weight excluding hydrogens is 274 g/mol. The van der Waals surface area contributed by atoms with Crippen molar-refractivity contribution in [2.45, 2.75) is 20.3 Å². The van der Waals surface area contributed by atoms with Crippen LogP contribution < -0.4 is 10.5 Å². The Labute approximate surface area is 123 Å². The number of hydrogen-bond acceptors (Lipinski definition) is 5. The summed E-state index contributed by atoms with van der Waals surface area (Å²) in [6.07, 6.45) is 0.748. The molecule has 1 aromatic carbocycles. The molecule has 1 rings (SSSR count). The van der Waals surface area contributed by atoms with Crippen LogP contribution in [-0.4, -0.2) is 42.0 Å². The van der Waals surface area contributed by atoms with Gasteiger partial charge in [0.25, 0.3) is 5.91 Å². The Balaban J connectivity index is 3.06. The minimum Gasteiger partial charge on any atom is -0.487 e. The molecule has 7 heteroatoms. The van der Waals surface area contributed by atoms with Crippen molar-refractivity contribution in [1.29, 1.82) is 0 Å². The first-order chi connectivity index (χ1) is 10.0. The molecule has 0 unspecified atom stereocenters. The zero-order valence-electron chi connectivity index (χ0n) is 12.4. The fraction of sp³-hybridized carbons (Fsp3) is 0.500. The van der Waals surface area contributed by atoms with Gasteiger partial charge in [0.15, 0.2) is 5.75 Å². The van der Waals surface area contributed by atoms with Gasteiger partial charge >= 0.3 is 5.69 Å². The van der Waals surface area contributed by atoms with Gasteiger partial charge < -0.3 is 15.4 Å². The van der Waals surface area contributed by atoms with Gasteiger partial charge in [-0.05, 0) is 25.5 Å². The quantitative estimate of drug-likeness (QED) is 0.582. The molecule has 0 radical (unpaired) electrons. The van der Waals surface area contributed by atoms with E-state index in [1.165, 1.54) is 12.1 Å². The Hall–Kier alpha value is -2.15. The van der Waals surface area contributed by atoms with Crippen LogP contribution in [0.1, 0.15) is 30.6 Å². The van der Waals surface area contributed by atoms with E-state index in [0.29, 0.717) is 26.2 Å². The number of nitro benzene ring substituents is 1. The second-order valence-corrected chi connectivity index (χ2v) is 4.46. The Morgan fingerprint density at radius 3 is 2.67 bits per heavy atom. The smallest absolute Gasteiger partial charge is 0.311 e. The van der Waals surface area contributed by atoms with Crippen molar-refractivity contribution >= 4 is 11.6 Å². The van der Waals surface area contributed by atoms with Crippen molar-refractivity contribution in [3.63, 3.8) is 0 Å². The number of hydrogen-bond donors (Lipinski definition) is 1. The minimum absolute atomic E-state index is 0.181. The van der Waals surface area contributed by atoms with Crippen molar-refractivity contribution in [2.75, 3.05) is 26.2 Å². The lowest BCUT2D eigenvalue weighted by Crippen LogP contribution is -2.35. The third-order valence-corrected chi connectivity index (χ3v) is 2.93. The Bertz CT molecular complexity index is 505. The van der Waals surface area contributed by atoms with Crippen molar-refractivity contribution in [1.82, 2.24) is 4.90 Å². The van der Waals surface area contributed by atoms with Gasteiger partial charge in [0.1, 0.15) is 0 Å². The zero-order valence-corrected chi connectivity index (χ0v) is 12.4. The predicted octanol–water partition coefficient (Wildman–Crippen LogP) is 1.80. The fourth-order valence-electron chi connectivity index (χ4n) is 1.87. The lowest BCUT2D eigenvalue weighted by Gasteiger charge is -2.20. The van der Waals surface area contributed by atoms with E-state index in [2.05, 4.69) is 0 Å².